The van der Waals surface area contributed by atoms with E-state index in [1.807, 2.05) is 22.6 Å². The van der Waals surface area contributed by atoms with E-state index < -0.39 is 15.9 Å². The van der Waals surface area contributed by atoms with Gasteiger partial charge >= 0.3 is 0 Å². The van der Waals surface area contributed by atoms with Gasteiger partial charge in [0.25, 0.3) is 5.91 Å². The van der Waals surface area contributed by atoms with Crippen LogP contribution in [0.2, 0.25) is 0 Å². The van der Waals surface area contributed by atoms with Gasteiger partial charge in [-0.2, -0.15) is 0 Å². The third-order valence-electron chi connectivity index (χ3n) is 2.99. The summed E-state index contributed by atoms with van der Waals surface area (Å²) < 4.78 is 26.0. The van der Waals surface area contributed by atoms with Gasteiger partial charge in [0.05, 0.1) is 17.0 Å². The van der Waals surface area contributed by atoms with Crippen LogP contribution >= 0.6 is 22.6 Å². The number of hydrogen-bond acceptors (Lipinski definition) is 4. The van der Waals surface area contributed by atoms with E-state index in [9.17, 15) is 18.0 Å². The maximum absolute atomic E-state index is 12.2. The molecule has 1 aromatic rings. The third-order valence-corrected chi connectivity index (χ3v) is 5.74. The van der Waals surface area contributed by atoms with Crippen LogP contribution in [0.25, 0.3) is 0 Å². The Morgan fingerprint density at radius 3 is 2.54 bits per heavy atom. The molecule has 2 amide bonds. The molecule has 0 saturated heterocycles. The number of halogens is 1. The molecule has 0 aliphatic rings. The van der Waals surface area contributed by atoms with E-state index in [1.165, 1.54) is 26.2 Å². The van der Waals surface area contributed by atoms with Crippen LogP contribution in [-0.4, -0.2) is 51.7 Å². The van der Waals surface area contributed by atoms with Crippen LogP contribution in [0, 0.1) is 15.9 Å². The predicted octanol–water partition coefficient (Wildman–Crippen LogP) is 0.411. The fourth-order valence-electron chi connectivity index (χ4n) is 1.67. The first kappa shape index (κ1) is 20.4. The highest BCUT2D eigenvalue weighted by Gasteiger charge is 2.20. The lowest BCUT2D eigenvalue weighted by Gasteiger charge is -2.13. The van der Waals surface area contributed by atoms with Crippen LogP contribution < -0.4 is 10.6 Å². The number of rotatable bonds is 7. The Morgan fingerprint density at radius 2 is 1.96 bits per heavy atom. The molecule has 1 aromatic carbocycles. The molecule has 0 heterocycles. The Labute approximate surface area is 155 Å². The molecule has 0 aromatic heterocycles. The van der Waals surface area contributed by atoms with Gasteiger partial charge in [0.2, 0.25) is 15.9 Å². The molecule has 0 radical (unpaired) electrons. The van der Waals surface area contributed by atoms with Crippen LogP contribution in [0.3, 0.4) is 0 Å². The van der Waals surface area contributed by atoms with Crippen molar-refractivity contribution in [3.8, 4) is 12.3 Å². The van der Waals surface area contributed by atoms with Gasteiger partial charge in [0.15, 0.2) is 0 Å². The van der Waals surface area contributed by atoms with Crippen LogP contribution in [0.5, 0.6) is 0 Å². The van der Waals surface area contributed by atoms with E-state index in [0.717, 1.165) is 4.31 Å². The molecule has 0 atom stereocenters. The van der Waals surface area contributed by atoms with Crippen molar-refractivity contribution >= 4 is 44.4 Å². The molecule has 0 bridgehead atoms. The molecule has 0 spiro atoms. The van der Waals surface area contributed by atoms with Crippen molar-refractivity contribution in [2.24, 2.45) is 0 Å². The zero-order chi connectivity index (χ0) is 18.3. The molecule has 2 N–H and O–H groups in total. The van der Waals surface area contributed by atoms with Crippen molar-refractivity contribution in [1.82, 2.24) is 14.9 Å². The second-order valence-corrected chi connectivity index (χ2v) is 8.23. The SMILES string of the molecule is C#CCNC(=O)CCNC(=O)c1cc(S(=O)(=O)N(C)C)ccc1I. The molecule has 9 heteroatoms. The zero-order valence-corrected chi connectivity index (χ0v) is 16.3. The van der Waals surface area contributed by atoms with E-state index in [2.05, 4.69) is 16.6 Å². The summed E-state index contributed by atoms with van der Waals surface area (Å²) in [5.74, 6) is 1.56. The number of nitrogens with one attached hydrogen (secondary N) is 2. The monoisotopic (exact) mass is 463 g/mol. The lowest BCUT2D eigenvalue weighted by molar-refractivity contribution is -0.120. The van der Waals surface area contributed by atoms with E-state index in [0.29, 0.717) is 3.57 Å². The Hall–Kier alpha value is -1.64. The minimum atomic E-state index is -3.63. The van der Waals surface area contributed by atoms with Crippen molar-refractivity contribution < 1.29 is 18.0 Å². The van der Waals surface area contributed by atoms with Gasteiger partial charge < -0.3 is 10.6 Å². The summed E-state index contributed by atoms with van der Waals surface area (Å²) in [4.78, 5) is 23.7. The normalized spacial score (nSPS) is 11.0. The maximum Gasteiger partial charge on any atom is 0.252 e. The second kappa shape index (κ2) is 9.00. The molecular formula is C15H18IN3O4S. The summed E-state index contributed by atoms with van der Waals surface area (Å²) in [5.41, 5.74) is 0.238. The summed E-state index contributed by atoms with van der Waals surface area (Å²) in [5, 5.41) is 5.08. The number of carbonyl (C=O) groups excluding carboxylic acids is 2. The number of sulfonamides is 1. The highest BCUT2D eigenvalue weighted by atomic mass is 127. The van der Waals surface area contributed by atoms with E-state index in [1.54, 1.807) is 6.07 Å². The summed E-state index contributed by atoms with van der Waals surface area (Å²) in [7, 11) is -0.790. The second-order valence-electron chi connectivity index (χ2n) is 4.92. The first-order chi connectivity index (χ1) is 11.2. The number of carbonyl (C=O) groups is 2. The van der Waals surface area contributed by atoms with Gasteiger partial charge in [-0.1, -0.05) is 5.92 Å². The fourth-order valence-corrected chi connectivity index (χ4v) is 3.18. The molecule has 0 aliphatic heterocycles. The molecule has 0 saturated carbocycles. The summed E-state index contributed by atoms with van der Waals surface area (Å²) in [6.45, 7) is 0.255. The highest BCUT2D eigenvalue weighted by Crippen LogP contribution is 2.19. The van der Waals surface area contributed by atoms with E-state index in [4.69, 9.17) is 6.42 Å². The summed E-state index contributed by atoms with van der Waals surface area (Å²) >= 11 is 1.95. The minimum Gasteiger partial charge on any atom is -0.351 e. The topological polar surface area (TPSA) is 95.6 Å². The fraction of sp³-hybridized carbons (Fsp3) is 0.333. The van der Waals surface area contributed by atoms with Crippen molar-refractivity contribution in [1.29, 1.82) is 0 Å². The molecule has 1 rings (SSSR count). The third kappa shape index (κ3) is 5.47. The number of terminal acetylenes is 1. The first-order valence-corrected chi connectivity index (χ1v) is 9.42. The van der Waals surface area contributed by atoms with Gasteiger partial charge in [0, 0.05) is 30.6 Å². The average Bonchev–Trinajstić information content (AvgIpc) is 2.52. The van der Waals surface area contributed by atoms with Gasteiger partial charge in [-0.05, 0) is 40.8 Å². The van der Waals surface area contributed by atoms with Crippen LogP contribution in [-0.2, 0) is 14.8 Å². The number of amides is 2. The average molecular weight is 463 g/mol. The quantitative estimate of drug-likeness (QED) is 0.453. The summed E-state index contributed by atoms with van der Waals surface area (Å²) in [6.07, 6.45) is 5.11. The van der Waals surface area contributed by atoms with Crippen LogP contribution in [0.4, 0.5) is 0 Å². The molecule has 24 heavy (non-hydrogen) atoms. The summed E-state index contributed by atoms with van der Waals surface area (Å²) in [6, 6.07) is 4.33. The predicted molar refractivity (Wildman–Crippen MR) is 98.8 cm³/mol. The van der Waals surface area contributed by atoms with Gasteiger partial charge in [-0.15, -0.1) is 6.42 Å². The number of nitrogens with zero attached hydrogens (tertiary/aromatic N) is 1. The minimum absolute atomic E-state index is 0.0322. The Bertz CT molecular complexity index is 769. The highest BCUT2D eigenvalue weighted by molar-refractivity contribution is 14.1. The Kier molecular flexibility index (Phi) is 7.65. The van der Waals surface area contributed by atoms with Crippen molar-refractivity contribution in [2.75, 3.05) is 27.2 Å². The first-order valence-electron chi connectivity index (χ1n) is 6.90. The largest absolute Gasteiger partial charge is 0.351 e. The molecular weight excluding hydrogens is 445 g/mol. The standard InChI is InChI=1S/C15H18IN3O4S/c1-4-8-17-14(20)7-9-18-15(21)12-10-11(5-6-13(12)16)24(22,23)19(2)3/h1,5-6,10H,7-9H2,2-3H3,(H,17,20)(H,18,21). The molecule has 0 aliphatic carbocycles. The lowest BCUT2D eigenvalue weighted by Crippen LogP contribution is -2.31. The van der Waals surface area contributed by atoms with Crippen LogP contribution in [0.15, 0.2) is 23.1 Å². The van der Waals surface area contributed by atoms with Gasteiger partial charge in [-0.3, -0.25) is 9.59 Å². The molecule has 7 nitrogen and oxygen atoms in total. The number of benzene rings is 1. The smallest absolute Gasteiger partial charge is 0.252 e. The van der Waals surface area contributed by atoms with E-state index >= 15 is 0 Å². The Balaban J connectivity index is 2.81. The van der Waals surface area contributed by atoms with Crippen molar-refractivity contribution in [3.05, 3.63) is 27.3 Å². The number of hydrogen-bond donors (Lipinski definition) is 2. The van der Waals surface area contributed by atoms with Crippen molar-refractivity contribution in [3.63, 3.8) is 0 Å². The Morgan fingerprint density at radius 1 is 1.29 bits per heavy atom. The molecule has 0 fully saturated rings. The maximum atomic E-state index is 12.2. The molecule has 0 unspecified atom stereocenters. The van der Waals surface area contributed by atoms with Crippen molar-refractivity contribution in [2.45, 2.75) is 11.3 Å². The van der Waals surface area contributed by atoms with Gasteiger partial charge in [0.1, 0.15) is 0 Å². The van der Waals surface area contributed by atoms with Gasteiger partial charge in [-0.25, -0.2) is 12.7 Å². The van der Waals surface area contributed by atoms with E-state index in [-0.39, 0.29) is 35.9 Å². The zero-order valence-electron chi connectivity index (χ0n) is 13.3. The molecule has 130 valence electrons. The van der Waals surface area contributed by atoms with Crippen LogP contribution in [0.1, 0.15) is 16.8 Å². The lowest BCUT2D eigenvalue weighted by atomic mass is 10.2.